The summed E-state index contributed by atoms with van der Waals surface area (Å²) < 4.78 is 16.4. The molecule has 2 heterocycles. The van der Waals surface area contributed by atoms with Crippen LogP contribution in [0.1, 0.15) is 13.8 Å². The minimum Gasteiger partial charge on any atom is -0.461 e. The number of aromatic nitrogens is 3. The molecular formula is C13H23N5O3. The summed E-state index contributed by atoms with van der Waals surface area (Å²) in [7, 11) is 5.12. The summed E-state index contributed by atoms with van der Waals surface area (Å²) >= 11 is 0. The first-order valence-corrected chi connectivity index (χ1v) is 6.98. The van der Waals surface area contributed by atoms with Crippen LogP contribution in [-0.4, -0.2) is 67.6 Å². The Morgan fingerprint density at radius 3 is 2.19 bits per heavy atom. The molecule has 0 aliphatic carbocycles. The monoisotopic (exact) mass is 297 g/mol. The van der Waals surface area contributed by atoms with Crippen LogP contribution in [0.4, 0.5) is 11.9 Å². The Morgan fingerprint density at radius 2 is 1.71 bits per heavy atom. The molecule has 1 aliphatic heterocycles. The van der Waals surface area contributed by atoms with Gasteiger partial charge < -0.3 is 24.4 Å². The molecule has 0 aromatic carbocycles. The highest BCUT2D eigenvalue weighted by molar-refractivity contribution is 5.40. The van der Waals surface area contributed by atoms with Gasteiger partial charge in [0.2, 0.25) is 11.9 Å². The van der Waals surface area contributed by atoms with Crippen molar-refractivity contribution in [3.8, 4) is 6.01 Å². The van der Waals surface area contributed by atoms with Crippen LogP contribution in [0.25, 0.3) is 0 Å². The number of rotatable bonds is 6. The molecule has 0 radical (unpaired) electrons. The second kappa shape index (κ2) is 6.86. The normalized spacial score (nSPS) is 21.9. The first-order valence-electron chi connectivity index (χ1n) is 6.98. The SMILES string of the molecule is CNc1nc(OC(C)C)nc(N2CC(OC)C(OC)C2)n1. The maximum absolute atomic E-state index is 5.57. The minimum atomic E-state index is -0.000678. The van der Waals surface area contributed by atoms with Crippen molar-refractivity contribution in [1.29, 1.82) is 0 Å². The van der Waals surface area contributed by atoms with E-state index in [-0.39, 0.29) is 18.3 Å². The Bertz CT molecular complexity index is 459. The third kappa shape index (κ3) is 3.70. The molecule has 2 unspecified atom stereocenters. The zero-order valence-corrected chi connectivity index (χ0v) is 13.2. The van der Waals surface area contributed by atoms with E-state index in [0.717, 1.165) is 0 Å². The highest BCUT2D eigenvalue weighted by atomic mass is 16.5. The maximum atomic E-state index is 5.57. The number of nitrogens with zero attached hydrogens (tertiary/aromatic N) is 4. The summed E-state index contributed by atoms with van der Waals surface area (Å²) in [6, 6.07) is 0.314. The Kier molecular flexibility index (Phi) is 5.13. The van der Waals surface area contributed by atoms with Crippen molar-refractivity contribution in [2.24, 2.45) is 0 Å². The van der Waals surface area contributed by atoms with Gasteiger partial charge in [-0.25, -0.2) is 0 Å². The summed E-state index contributed by atoms with van der Waals surface area (Å²) in [5, 5.41) is 2.92. The number of methoxy groups -OCH3 is 2. The first kappa shape index (κ1) is 15.7. The van der Waals surface area contributed by atoms with Crippen molar-refractivity contribution < 1.29 is 14.2 Å². The molecule has 1 aliphatic rings. The zero-order chi connectivity index (χ0) is 15.4. The van der Waals surface area contributed by atoms with E-state index in [1.807, 2.05) is 18.7 Å². The van der Waals surface area contributed by atoms with E-state index < -0.39 is 0 Å². The number of hydrogen-bond acceptors (Lipinski definition) is 8. The molecule has 0 amide bonds. The lowest BCUT2D eigenvalue weighted by molar-refractivity contribution is -0.00461. The fraction of sp³-hybridized carbons (Fsp3) is 0.769. The predicted octanol–water partition coefficient (Wildman–Crippen LogP) is 0.550. The standard InChI is InChI=1S/C13H23N5O3/c1-8(2)21-13-16-11(14-3)15-12(17-13)18-6-9(19-4)10(7-18)20-5/h8-10H,6-7H2,1-5H3,(H,14,15,16,17). The van der Waals surface area contributed by atoms with Crippen LogP contribution in [0.3, 0.4) is 0 Å². The predicted molar refractivity (Wildman–Crippen MR) is 78.9 cm³/mol. The van der Waals surface area contributed by atoms with Crippen molar-refractivity contribution in [3.05, 3.63) is 0 Å². The topological polar surface area (TPSA) is 81.6 Å². The fourth-order valence-electron chi connectivity index (χ4n) is 2.22. The molecule has 2 rings (SSSR count). The molecule has 2 atom stereocenters. The van der Waals surface area contributed by atoms with Crippen LogP contribution < -0.4 is 15.0 Å². The highest BCUT2D eigenvalue weighted by Gasteiger charge is 2.34. The highest BCUT2D eigenvalue weighted by Crippen LogP contribution is 2.22. The summed E-state index contributed by atoms with van der Waals surface area (Å²) in [4.78, 5) is 15.0. The average Bonchev–Trinajstić information content (AvgIpc) is 2.89. The van der Waals surface area contributed by atoms with Gasteiger partial charge >= 0.3 is 6.01 Å². The van der Waals surface area contributed by atoms with Crippen LogP contribution >= 0.6 is 0 Å². The molecule has 0 saturated carbocycles. The summed E-state index contributed by atoms with van der Waals surface area (Å²) in [6.07, 6.45) is 0.000479. The Morgan fingerprint density at radius 1 is 1.10 bits per heavy atom. The van der Waals surface area contributed by atoms with E-state index in [2.05, 4.69) is 20.3 Å². The van der Waals surface area contributed by atoms with E-state index in [1.54, 1.807) is 21.3 Å². The molecule has 1 aromatic heterocycles. The number of anilines is 2. The van der Waals surface area contributed by atoms with Crippen molar-refractivity contribution in [1.82, 2.24) is 15.0 Å². The molecule has 1 N–H and O–H groups in total. The molecule has 8 heteroatoms. The van der Waals surface area contributed by atoms with Crippen molar-refractivity contribution in [2.45, 2.75) is 32.2 Å². The van der Waals surface area contributed by atoms with Crippen LogP contribution in [0, 0.1) is 0 Å². The van der Waals surface area contributed by atoms with Gasteiger partial charge in [0, 0.05) is 34.4 Å². The quantitative estimate of drug-likeness (QED) is 0.815. The minimum absolute atomic E-state index is 0.000678. The lowest BCUT2D eigenvalue weighted by atomic mass is 10.3. The fourth-order valence-corrected chi connectivity index (χ4v) is 2.22. The van der Waals surface area contributed by atoms with Gasteiger partial charge in [0.15, 0.2) is 0 Å². The van der Waals surface area contributed by atoms with Crippen LogP contribution in [0.5, 0.6) is 6.01 Å². The van der Waals surface area contributed by atoms with Gasteiger partial charge in [-0.15, -0.1) is 0 Å². The molecule has 8 nitrogen and oxygen atoms in total. The lowest BCUT2D eigenvalue weighted by Crippen LogP contribution is -2.27. The number of ether oxygens (including phenoxy) is 3. The van der Waals surface area contributed by atoms with Gasteiger partial charge in [-0.2, -0.15) is 15.0 Å². The van der Waals surface area contributed by atoms with E-state index in [9.17, 15) is 0 Å². The lowest BCUT2D eigenvalue weighted by Gasteiger charge is -2.17. The van der Waals surface area contributed by atoms with Crippen LogP contribution in [-0.2, 0) is 9.47 Å². The van der Waals surface area contributed by atoms with Crippen LogP contribution in [0.15, 0.2) is 0 Å². The third-order valence-corrected chi connectivity index (χ3v) is 3.27. The number of nitrogens with one attached hydrogen (secondary N) is 1. The molecule has 1 aromatic rings. The van der Waals surface area contributed by atoms with E-state index in [0.29, 0.717) is 31.0 Å². The Labute approximate surface area is 124 Å². The summed E-state index contributed by atoms with van der Waals surface area (Å²) in [5.74, 6) is 1.04. The molecule has 1 fully saturated rings. The van der Waals surface area contributed by atoms with Crippen molar-refractivity contribution in [3.63, 3.8) is 0 Å². The van der Waals surface area contributed by atoms with Gasteiger partial charge in [-0.3, -0.25) is 0 Å². The molecule has 118 valence electrons. The van der Waals surface area contributed by atoms with E-state index in [4.69, 9.17) is 14.2 Å². The zero-order valence-electron chi connectivity index (χ0n) is 13.2. The Hall–Kier alpha value is -1.67. The van der Waals surface area contributed by atoms with Gasteiger partial charge in [0.05, 0.1) is 6.10 Å². The molecule has 0 spiro atoms. The summed E-state index contributed by atoms with van der Waals surface area (Å²) in [6.45, 7) is 5.20. The molecule has 0 bridgehead atoms. The number of hydrogen-bond donors (Lipinski definition) is 1. The van der Waals surface area contributed by atoms with E-state index >= 15 is 0 Å². The average molecular weight is 297 g/mol. The third-order valence-electron chi connectivity index (χ3n) is 3.27. The molecule has 1 saturated heterocycles. The van der Waals surface area contributed by atoms with Crippen molar-refractivity contribution >= 4 is 11.9 Å². The first-order chi connectivity index (χ1) is 10.1. The maximum Gasteiger partial charge on any atom is 0.323 e. The summed E-state index contributed by atoms with van der Waals surface area (Å²) in [5.41, 5.74) is 0. The largest absolute Gasteiger partial charge is 0.461 e. The van der Waals surface area contributed by atoms with Gasteiger partial charge in [-0.05, 0) is 13.8 Å². The second-order valence-electron chi connectivity index (χ2n) is 5.11. The van der Waals surface area contributed by atoms with Gasteiger partial charge in [0.1, 0.15) is 12.2 Å². The van der Waals surface area contributed by atoms with Gasteiger partial charge in [0.25, 0.3) is 0 Å². The molecular weight excluding hydrogens is 274 g/mol. The molecule has 21 heavy (non-hydrogen) atoms. The smallest absolute Gasteiger partial charge is 0.323 e. The van der Waals surface area contributed by atoms with Crippen LogP contribution in [0.2, 0.25) is 0 Å². The second-order valence-corrected chi connectivity index (χ2v) is 5.11. The van der Waals surface area contributed by atoms with Gasteiger partial charge in [-0.1, -0.05) is 0 Å². The Balaban J connectivity index is 2.22. The van der Waals surface area contributed by atoms with Crippen molar-refractivity contribution in [2.75, 3.05) is 44.6 Å². The van der Waals surface area contributed by atoms with E-state index in [1.165, 1.54) is 0 Å².